The van der Waals surface area contributed by atoms with Gasteiger partial charge in [0.1, 0.15) is 17.3 Å². The van der Waals surface area contributed by atoms with Crippen LogP contribution < -0.4 is 10.1 Å². The van der Waals surface area contributed by atoms with Crippen LogP contribution in [0.1, 0.15) is 5.69 Å². The molecule has 0 amide bonds. The van der Waals surface area contributed by atoms with Crippen LogP contribution in [0.2, 0.25) is 0 Å². The number of nitrogens with zero attached hydrogens (tertiary/aromatic N) is 2. The Bertz CT molecular complexity index is 755. The number of nitrogens with one attached hydrogen (secondary N) is 1. The average Bonchev–Trinajstić information content (AvgIpc) is 2.96. The molecular weight excluding hydrogens is 345 g/mol. The van der Waals surface area contributed by atoms with Crippen molar-refractivity contribution in [2.24, 2.45) is 0 Å². The third-order valence-corrected chi connectivity index (χ3v) is 4.15. The maximum Gasteiger partial charge on any atom is 0.243 e. The van der Waals surface area contributed by atoms with Crippen LogP contribution in [-0.4, -0.2) is 16.4 Å². The van der Waals surface area contributed by atoms with E-state index in [1.54, 1.807) is 6.07 Å². The highest BCUT2D eigenvalue weighted by Crippen LogP contribution is 2.32. The summed E-state index contributed by atoms with van der Waals surface area (Å²) in [5.74, 6) is 0.749. The molecule has 4 nitrogen and oxygen atoms in total. The number of aromatic nitrogens is 2. The number of benzene rings is 1. The van der Waals surface area contributed by atoms with Gasteiger partial charge >= 0.3 is 0 Å². The van der Waals surface area contributed by atoms with Crippen molar-refractivity contribution in [2.45, 2.75) is 6.54 Å². The van der Waals surface area contributed by atoms with Crippen molar-refractivity contribution in [2.75, 3.05) is 7.05 Å². The van der Waals surface area contributed by atoms with E-state index in [1.807, 2.05) is 23.0 Å². The first-order valence-electron chi connectivity index (χ1n) is 5.91. The Morgan fingerprint density at radius 2 is 2.35 bits per heavy atom. The van der Waals surface area contributed by atoms with Crippen LogP contribution in [0.15, 0.2) is 34.2 Å². The minimum absolute atomic E-state index is 0.314. The van der Waals surface area contributed by atoms with Gasteiger partial charge in [-0.1, -0.05) is 0 Å². The zero-order valence-electron chi connectivity index (χ0n) is 10.6. The van der Waals surface area contributed by atoms with Crippen LogP contribution in [0.3, 0.4) is 0 Å². The monoisotopic (exact) mass is 355 g/mol. The van der Waals surface area contributed by atoms with E-state index in [-0.39, 0.29) is 5.82 Å². The second kappa shape index (κ2) is 5.51. The summed E-state index contributed by atoms with van der Waals surface area (Å²) >= 11 is 4.83. The molecule has 0 aliphatic heterocycles. The fourth-order valence-electron chi connectivity index (χ4n) is 1.88. The predicted octanol–water partition coefficient (Wildman–Crippen LogP) is 3.81. The molecule has 0 saturated heterocycles. The Labute approximate surface area is 127 Å². The van der Waals surface area contributed by atoms with E-state index >= 15 is 0 Å². The highest BCUT2D eigenvalue weighted by Gasteiger charge is 2.15. The summed E-state index contributed by atoms with van der Waals surface area (Å²) < 4.78 is 21.4. The van der Waals surface area contributed by atoms with Gasteiger partial charge in [0.25, 0.3) is 0 Å². The smallest absolute Gasteiger partial charge is 0.243 e. The van der Waals surface area contributed by atoms with Gasteiger partial charge in [-0.3, -0.25) is 4.40 Å². The summed E-state index contributed by atoms with van der Waals surface area (Å²) in [4.78, 5) is 5.32. The molecule has 0 saturated carbocycles. The van der Waals surface area contributed by atoms with Gasteiger partial charge in [0.05, 0.1) is 4.47 Å². The molecule has 0 fully saturated rings. The number of imidazole rings is 1. The molecule has 0 aliphatic carbocycles. The number of hydrogen-bond acceptors (Lipinski definition) is 4. The van der Waals surface area contributed by atoms with Crippen LogP contribution in [0.25, 0.3) is 4.96 Å². The summed E-state index contributed by atoms with van der Waals surface area (Å²) in [6.45, 7) is 0.631. The molecular formula is C13H11BrFN3OS. The largest absolute Gasteiger partial charge is 0.436 e. The van der Waals surface area contributed by atoms with Crippen LogP contribution in [0.4, 0.5) is 4.39 Å². The molecule has 104 valence electrons. The predicted molar refractivity (Wildman–Crippen MR) is 80.0 cm³/mol. The second-order valence-electron chi connectivity index (χ2n) is 4.13. The molecule has 1 aromatic carbocycles. The molecule has 0 bridgehead atoms. The lowest BCUT2D eigenvalue weighted by atomic mass is 10.3. The topological polar surface area (TPSA) is 38.6 Å². The van der Waals surface area contributed by atoms with E-state index in [4.69, 9.17) is 4.74 Å². The van der Waals surface area contributed by atoms with Crippen molar-refractivity contribution in [3.63, 3.8) is 0 Å². The normalized spacial score (nSPS) is 11.2. The van der Waals surface area contributed by atoms with E-state index in [2.05, 4.69) is 26.2 Å². The first-order valence-corrected chi connectivity index (χ1v) is 7.58. The van der Waals surface area contributed by atoms with Crippen LogP contribution in [0, 0.1) is 5.82 Å². The third-order valence-electron chi connectivity index (χ3n) is 2.77. The number of fused-ring (bicyclic) bond motifs is 1. The Morgan fingerprint density at radius 1 is 1.50 bits per heavy atom. The first-order chi connectivity index (χ1) is 9.69. The van der Waals surface area contributed by atoms with Gasteiger partial charge in [0.15, 0.2) is 4.96 Å². The molecule has 2 heterocycles. The van der Waals surface area contributed by atoms with Crippen molar-refractivity contribution >= 4 is 32.2 Å². The molecule has 20 heavy (non-hydrogen) atoms. The molecule has 2 aromatic heterocycles. The van der Waals surface area contributed by atoms with E-state index in [9.17, 15) is 4.39 Å². The zero-order valence-corrected chi connectivity index (χ0v) is 13.0. The van der Waals surface area contributed by atoms with Crippen molar-refractivity contribution in [1.82, 2.24) is 14.7 Å². The van der Waals surface area contributed by atoms with Gasteiger partial charge in [0, 0.05) is 18.1 Å². The molecule has 7 heteroatoms. The third kappa shape index (κ3) is 2.44. The van der Waals surface area contributed by atoms with Gasteiger partial charge in [-0.25, -0.2) is 4.39 Å². The lowest BCUT2D eigenvalue weighted by Gasteiger charge is -2.07. The Morgan fingerprint density at radius 3 is 3.10 bits per heavy atom. The number of halogens is 2. The molecule has 3 rings (SSSR count). The van der Waals surface area contributed by atoms with Gasteiger partial charge in [-0.2, -0.15) is 4.98 Å². The highest BCUT2D eigenvalue weighted by atomic mass is 79.9. The van der Waals surface area contributed by atoms with Gasteiger partial charge in [-0.05, 0) is 41.2 Å². The summed E-state index contributed by atoms with van der Waals surface area (Å²) in [7, 11) is 1.86. The first kappa shape index (κ1) is 13.5. The van der Waals surface area contributed by atoms with Gasteiger partial charge in [0.2, 0.25) is 5.88 Å². The molecule has 0 aliphatic rings. The van der Waals surface area contributed by atoms with Crippen LogP contribution in [-0.2, 0) is 6.54 Å². The Kier molecular flexibility index (Phi) is 3.73. The molecule has 3 aromatic rings. The summed E-state index contributed by atoms with van der Waals surface area (Å²) in [6, 6.07) is 4.30. The van der Waals surface area contributed by atoms with Crippen LogP contribution >= 0.6 is 27.3 Å². The minimum atomic E-state index is -0.314. The number of thiazole rings is 1. The van der Waals surface area contributed by atoms with Gasteiger partial charge < -0.3 is 10.1 Å². The van der Waals surface area contributed by atoms with Crippen molar-refractivity contribution in [3.8, 4) is 11.6 Å². The number of rotatable bonds is 4. The Balaban J connectivity index is 2.01. The second-order valence-corrected chi connectivity index (χ2v) is 5.85. The number of ether oxygens (including phenoxy) is 1. The molecule has 0 atom stereocenters. The fourth-order valence-corrected chi connectivity index (χ4v) is 3.04. The van der Waals surface area contributed by atoms with Crippen LogP contribution in [0.5, 0.6) is 11.6 Å². The lowest BCUT2D eigenvalue weighted by Crippen LogP contribution is -2.08. The maximum absolute atomic E-state index is 13.1. The van der Waals surface area contributed by atoms with Gasteiger partial charge in [-0.15, -0.1) is 11.3 Å². The SMILES string of the molecule is CNCc1c(Oc2ccc(F)cc2Br)nc2sccn12. The van der Waals surface area contributed by atoms with E-state index in [1.165, 1.54) is 23.5 Å². The summed E-state index contributed by atoms with van der Waals surface area (Å²) in [5, 5.41) is 5.07. The average molecular weight is 356 g/mol. The fraction of sp³-hybridized carbons (Fsp3) is 0.154. The van der Waals surface area contributed by atoms with Crippen molar-refractivity contribution in [1.29, 1.82) is 0 Å². The summed E-state index contributed by atoms with van der Waals surface area (Å²) in [6.07, 6.45) is 1.95. The molecule has 0 unspecified atom stereocenters. The number of hydrogen-bond donors (Lipinski definition) is 1. The lowest BCUT2D eigenvalue weighted by molar-refractivity contribution is 0.452. The minimum Gasteiger partial charge on any atom is -0.436 e. The van der Waals surface area contributed by atoms with Crippen molar-refractivity contribution in [3.05, 3.63) is 45.8 Å². The molecule has 1 N–H and O–H groups in total. The van der Waals surface area contributed by atoms with E-state index in [0.717, 1.165) is 10.7 Å². The van der Waals surface area contributed by atoms with E-state index in [0.29, 0.717) is 22.6 Å². The highest BCUT2D eigenvalue weighted by molar-refractivity contribution is 9.10. The van der Waals surface area contributed by atoms with E-state index < -0.39 is 0 Å². The zero-order chi connectivity index (χ0) is 14.1. The molecule has 0 spiro atoms. The maximum atomic E-state index is 13.1. The molecule has 0 radical (unpaired) electrons. The standard InChI is InChI=1S/C13H11BrFN3OS/c1-16-7-10-12(17-13-18(10)4-5-20-13)19-11-3-2-8(15)6-9(11)14/h2-6,16H,7H2,1H3. The summed E-state index contributed by atoms with van der Waals surface area (Å²) in [5.41, 5.74) is 0.931. The Hall–Kier alpha value is -1.44. The quantitative estimate of drug-likeness (QED) is 0.773. The van der Waals surface area contributed by atoms with Crippen molar-refractivity contribution < 1.29 is 9.13 Å².